The lowest BCUT2D eigenvalue weighted by atomic mass is 10.0. The number of benzene rings is 2. The van der Waals surface area contributed by atoms with Crippen LogP contribution in [0, 0.1) is 0 Å². The van der Waals surface area contributed by atoms with E-state index in [1.165, 1.54) is 10.6 Å². The lowest BCUT2D eigenvalue weighted by molar-refractivity contribution is -0.136. The Bertz CT molecular complexity index is 1420. The van der Waals surface area contributed by atoms with Crippen LogP contribution < -0.4 is 19.5 Å². The van der Waals surface area contributed by atoms with Crippen LogP contribution in [0.25, 0.3) is 22.9 Å². The fourth-order valence-electron chi connectivity index (χ4n) is 4.51. The molecule has 35 heavy (non-hydrogen) atoms. The summed E-state index contributed by atoms with van der Waals surface area (Å²) in [6.07, 6.45) is 6.07. The summed E-state index contributed by atoms with van der Waals surface area (Å²) < 4.78 is 12.8. The Kier molecular flexibility index (Phi) is 7.70. The molecule has 0 saturated carbocycles. The Balaban J connectivity index is 1.86. The summed E-state index contributed by atoms with van der Waals surface area (Å²) in [4.78, 5) is 40.8. The van der Waals surface area contributed by atoms with E-state index in [-0.39, 0.29) is 30.7 Å². The predicted octanol–water partition coefficient (Wildman–Crippen LogP) is 2.65. The third kappa shape index (κ3) is 5.32. The molecule has 0 N–H and O–H groups in total. The van der Waals surface area contributed by atoms with Crippen molar-refractivity contribution in [2.24, 2.45) is 0 Å². The van der Waals surface area contributed by atoms with E-state index < -0.39 is 5.97 Å². The Morgan fingerprint density at radius 1 is 1.17 bits per heavy atom. The van der Waals surface area contributed by atoms with E-state index in [1.54, 1.807) is 20.1 Å². The monoisotopic (exact) mass is 494 g/mol. The highest BCUT2D eigenvalue weighted by Gasteiger charge is 2.24. The van der Waals surface area contributed by atoms with Crippen LogP contribution in [0.15, 0.2) is 41.2 Å². The van der Waals surface area contributed by atoms with E-state index in [4.69, 9.17) is 9.47 Å². The molecule has 1 unspecified atom stereocenters. The second-order valence-electron chi connectivity index (χ2n) is 8.57. The van der Waals surface area contributed by atoms with Crippen molar-refractivity contribution in [3.63, 3.8) is 0 Å². The van der Waals surface area contributed by atoms with Crippen LogP contribution >= 0.6 is 11.3 Å². The number of fused-ring (bicyclic) bond motifs is 1. The van der Waals surface area contributed by atoms with E-state index >= 15 is 0 Å². The first-order chi connectivity index (χ1) is 16.9. The van der Waals surface area contributed by atoms with Crippen LogP contribution in [0.5, 0.6) is 5.75 Å². The highest BCUT2D eigenvalue weighted by Crippen LogP contribution is 2.28. The van der Waals surface area contributed by atoms with Gasteiger partial charge in [-0.2, -0.15) is 0 Å². The molecule has 4 rings (SSSR count). The topological polar surface area (TPSA) is 77.8 Å². The lowest BCUT2D eigenvalue weighted by Gasteiger charge is -2.33. The SMILES string of the molecule is CCOC(=O)C=c1sc(=Cc2c(OC)ccc3ccccc23)c(=O)n1CC(=O)N1CCCCC1C. The quantitative estimate of drug-likeness (QED) is 0.493. The molecule has 0 aliphatic carbocycles. The van der Waals surface area contributed by atoms with Gasteiger partial charge < -0.3 is 14.4 Å². The van der Waals surface area contributed by atoms with E-state index in [0.29, 0.717) is 21.5 Å². The number of likely N-dealkylation sites (tertiary alicyclic amines) is 1. The maximum atomic E-state index is 13.5. The normalized spacial score (nSPS) is 17.1. The number of esters is 1. The van der Waals surface area contributed by atoms with Gasteiger partial charge in [0.15, 0.2) is 0 Å². The zero-order valence-corrected chi connectivity index (χ0v) is 21.1. The predicted molar refractivity (Wildman–Crippen MR) is 138 cm³/mol. The van der Waals surface area contributed by atoms with Crippen LogP contribution in [-0.4, -0.2) is 47.6 Å². The van der Waals surface area contributed by atoms with Gasteiger partial charge in [0.1, 0.15) is 17.0 Å². The molecule has 1 aliphatic heterocycles. The molecule has 0 bridgehead atoms. The van der Waals surface area contributed by atoms with Crippen molar-refractivity contribution in [3.05, 3.63) is 61.5 Å². The number of piperidine rings is 1. The van der Waals surface area contributed by atoms with Gasteiger partial charge in [-0.1, -0.05) is 30.3 Å². The highest BCUT2D eigenvalue weighted by atomic mass is 32.1. The van der Waals surface area contributed by atoms with Crippen molar-refractivity contribution < 1.29 is 19.1 Å². The van der Waals surface area contributed by atoms with Gasteiger partial charge in [-0.25, -0.2) is 4.79 Å². The summed E-state index contributed by atoms with van der Waals surface area (Å²) in [5, 5.41) is 1.96. The molecule has 0 radical (unpaired) electrons. The van der Waals surface area contributed by atoms with Gasteiger partial charge in [0.05, 0.1) is 24.3 Å². The number of ether oxygens (including phenoxy) is 2. The number of carbonyl (C=O) groups excluding carboxylic acids is 2. The van der Waals surface area contributed by atoms with Crippen LogP contribution in [0.1, 0.15) is 38.7 Å². The van der Waals surface area contributed by atoms with Gasteiger partial charge in [-0.15, -0.1) is 11.3 Å². The van der Waals surface area contributed by atoms with Gasteiger partial charge in [0, 0.05) is 18.2 Å². The standard InChI is InChI=1S/C27H30N2O5S/c1-4-34-26(31)16-25-29(17-24(30)28-14-8-7-9-18(28)2)27(32)23(35-25)15-21-20-11-6-5-10-19(20)12-13-22(21)33-3/h5-6,10-13,15-16,18H,4,7-9,14,17H2,1-3H3. The number of rotatable bonds is 6. The molecule has 0 spiro atoms. The summed E-state index contributed by atoms with van der Waals surface area (Å²) in [6, 6.07) is 11.8. The van der Waals surface area contributed by atoms with Crippen molar-refractivity contribution in [2.45, 2.75) is 45.7 Å². The highest BCUT2D eigenvalue weighted by molar-refractivity contribution is 7.07. The zero-order chi connectivity index (χ0) is 24.9. The minimum absolute atomic E-state index is 0.120. The molecule has 7 nitrogen and oxygen atoms in total. The number of amides is 1. The molecular formula is C27H30N2O5S. The van der Waals surface area contributed by atoms with Crippen molar-refractivity contribution in [1.82, 2.24) is 9.47 Å². The molecular weight excluding hydrogens is 464 g/mol. The minimum Gasteiger partial charge on any atom is -0.496 e. The van der Waals surface area contributed by atoms with Crippen molar-refractivity contribution in [1.29, 1.82) is 0 Å². The second kappa shape index (κ2) is 10.9. The lowest BCUT2D eigenvalue weighted by Crippen LogP contribution is -2.46. The fraction of sp³-hybridized carbons (Fsp3) is 0.370. The number of hydrogen-bond donors (Lipinski definition) is 0. The molecule has 1 aromatic heterocycles. The van der Waals surface area contributed by atoms with E-state index in [9.17, 15) is 14.4 Å². The summed E-state index contributed by atoms with van der Waals surface area (Å²) in [7, 11) is 1.59. The average molecular weight is 495 g/mol. The van der Waals surface area contributed by atoms with Gasteiger partial charge in [-0.05, 0) is 56.0 Å². The number of aromatic nitrogens is 1. The van der Waals surface area contributed by atoms with Crippen molar-refractivity contribution >= 4 is 46.1 Å². The number of carbonyl (C=O) groups is 2. The Morgan fingerprint density at radius 3 is 2.71 bits per heavy atom. The number of methoxy groups -OCH3 is 1. The third-order valence-corrected chi connectivity index (χ3v) is 7.37. The number of nitrogens with zero attached hydrogens (tertiary/aromatic N) is 2. The second-order valence-corrected chi connectivity index (χ2v) is 9.63. The summed E-state index contributed by atoms with van der Waals surface area (Å²) >= 11 is 1.16. The maximum Gasteiger partial charge on any atom is 0.333 e. The molecule has 3 aromatic rings. The molecule has 184 valence electrons. The van der Waals surface area contributed by atoms with Crippen LogP contribution in [0.4, 0.5) is 0 Å². The summed E-state index contributed by atoms with van der Waals surface area (Å²) in [5.41, 5.74) is 0.452. The van der Waals surface area contributed by atoms with Gasteiger partial charge in [0.2, 0.25) is 5.91 Å². The first-order valence-corrected chi connectivity index (χ1v) is 12.7. The minimum atomic E-state index is -0.546. The smallest absolute Gasteiger partial charge is 0.333 e. The molecule has 1 fully saturated rings. The first kappa shape index (κ1) is 24.7. The Morgan fingerprint density at radius 2 is 1.97 bits per heavy atom. The molecule has 2 heterocycles. The van der Waals surface area contributed by atoms with E-state index in [0.717, 1.165) is 46.9 Å². The fourth-order valence-corrected chi connectivity index (χ4v) is 5.52. The van der Waals surface area contributed by atoms with Crippen LogP contribution in [-0.2, 0) is 20.9 Å². The van der Waals surface area contributed by atoms with Gasteiger partial charge in [-0.3, -0.25) is 14.2 Å². The summed E-state index contributed by atoms with van der Waals surface area (Å²) in [6.45, 7) is 4.54. The van der Waals surface area contributed by atoms with Gasteiger partial charge >= 0.3 is 5.97 Å². The number of thiazole rings is 1. The largest absolute Gasteiger partial charge is 0.496 e. The average Bonchev–Trinajstić information content (AvgIpc) is 3.13. The molecule has 8 heteroatoms. The Labute approximate surface area is 207 Å². The molecule has 2 aromatic carbocycles. The van der Waals surface area contributed by atoms with Crippen molar-refractivity contribution in [2.75, 3.05) is 20.3 Å². The van der Waals surface area contributed by atoms with Crippen LogP contribution in [0.3, 0.4) is 0 Å². The number of hydrogen-bond acceptors (Lipinski definition) is 6. The van der Waals surface area contributed by atoms with E-state index in [1.807, 2.05) is 48.2 Å². The third-order valence-electron chi connectivity index (χ3n) is 6.31. The maximum absolute atomic E-state index is 13.5. The van der Waals surface area contributed by atoms with Gasteiger partial charge in [0.25, 0.3) is 5.56 Å². The van der Waals surface area contributed by atoms with Crippen molar-refractivity contribution in [3.8, 4) is 5.75 Å². The van der Waals surface area contributed by atoms with E-state index in [2.05, 4.69) is 0 Å². The Hall–Kier alpha value is -3.39. The molecule has 1 aliphatic rings. The molecule has 1 saturated heterocycles. The molecule has 1 atom stereocenters. The van der Waals surface area contributed by atoms with Crippen LogP contribution in [0.2, 0.25) is 0 Å². The molecule has 1 amide bonds. The first-order valence-electron chi connectivity index (χ1n) is 11.9. The zero-order valence-electron chi connectivity index (χ0n) is 20.3. The summed E-state index contributed by atoms with van der Waals surface area (Å²) in [5.74, 6) is -0.0299.